The normalized spacial score (nSPS) is 12.7. The third-order valence-electron chi connectivity index (χ3n) is 4.15. The first-order valence-corrected chi connectivity index (χ1v) is 11.7. The van der Waals surface area contributed by atoms with Gasteiger partial charge in [0.25, 0.3) is 0 Å². The van der Waals surface area contributed by atoms with Crippen LogP contribution in [0.5, 0.6) is 0 Å². The number of carbonyl (C=O) groups is 1. The van der Waals surface area contributed by atoms with Crippen LogP contribution in [0.25, 0.3) is 0 Å². The van der Waals surface area contributed by atoms with E-state index in [2.05, 4.69) is 30.4 Å². The van der Waals surface area contributed by atoms with Crippen LogP contribution < -0.4 is 5.32 Å². The predicted molar refractivity (Wildman–Crippen MR) is 112 cm³/mol. The summed E-state index contributed by atoms with van der Waals surface area (Å²) in [5, 5.41) is 2.87. The lowest BCUT2D eigenvalue weighted by Crippen LogP contribution is -2.41. The van der Waals surface area contributed by atoms with Crippen LogP contribution in [0, 0.1) is 6.92 Å². The van der Waals surface area contributed by atoms with E-state index in [0.717, 1.165) is 22.1 Å². The van der Waals surface area contributed by atoms with E-state index in [-0.39, 0.29) is 5.91 Å². The molecule has 2 aromatic rings. The number of hydrogen-bond acceptors (Lipinski definition) is 4. The molecule has 146 valence electrons. The minimum absolute atomic E-state index is 0.315. The van der Waals surface area contributed by atoms with Crippen LogP contribution in [0.2, 0.25) is 0 Å². The van der Waals surface area contributed by atoms with Gasteiger partial charge < -0.3 is 5.32 Å². The molecule has 0 aliphatic heterocycles. The summed E-state index contributed by atoms with van der Waals surface area (Å²) in [7, 11) is -2.07. The fourth-order valence-electron chi connectivity index (χ4n) is 2.69. The zero-order valence-corrected chi connectivity index (χ0v) is 17.5. The molecule has 0 unspecified atom stereocenters. The molecule has 0 radical (unpaired) electrons. The van der Waals surface area contributed by atoms with Gasteiger partial charge in [-0.15, -0.1) is 0 Å². The van der Waals surface area contributed by atoms with Crippen LogP contribution in [0.4, 0.5) is 0 Å². The van der Waals surface area contributed by atoms with Crippen molar-refractivity contribution in [2.24, 2.45) is 0 Å². The molecule has 0 fully saturated rings. The van der Waals surface area contributed by atoms with Gasteiger partial charge in [-0.3, -0.25) is 4.79 Å². The number of carbonyl (C=O) groups excluding carboxylic acids is 1. The number of likely N-dealkylation sites (N-methyl/N-ethyl adjacent to an activating group) is 1. The Morgan fingerprint density at radius 2 is 1.85 bits per heavy atom. The predicted octanol–water partition coefficient (Wildman–Crippen LogP) is 2.98. The number of hydrogen-bond donors (Lipinski definition) is 1. The summed E-state index contributed by atoms with van der Waals surface area (Å²) < 4.78 is 25.0. The molecule has 2 aromatic carbocycles. The summed E-state index contributed by atoms with van der Waals surface area (Å²) in [4.78, 5) is 12.7. The Hall–Kier alpha value is -1.83. The molecule has 0 bridgehead atoms. The monoisotopic (exact) mass is 406 g/mol. The van der Waals surface area contributed by atoms with Gasteiger partial charge in [0, 0.05) is 25.1 Å². The molecule has 0 saturated carbocycles. The highest BCUT2D eigenvalue weighted by Gasteiger charge is 2.30. The first-order valence-electron chi connectivity index (χ1n) is 8.68. The van der Waals surface area contributed by atoms with Crippen molar-refractivity contribution < 1.29 is 13.2 Å². The molecule has 2 rings (SSSR count). The summed E-state index contributed by atoms with van der Waals surface area (Å²) in [6, 6.07) is 16.4. The van der Waals surface area contributed by atoms with E-state index >= 15 is 0 Å². The van der Waals surface area contributed by atoms with Crippen LogP contribution >= 0.6 is 11.8 Å². The Morgan fingerprint density at radius 1 is 1.15 bits per heavy atom. The zero-order valence-electron chi connectivity index (χ0n) is 15.9. The molecular formula is C20H26N2O3S2. The Balaban J connectivity index is 1.92. The number of amides is 1. The van der Waals surface area contributed by atoms with Crippen LogP contribution in [-0.4, -0.2) is 44.2 Å². The van der Waals surface area contributed by atoms with Crippen molar-refractivity contribution >= 4 is 27.7 Å². The van der Waals surface area contributed by atoms with Gasteiger partial charge in [-0.1, -0.05) is 60.2 Å². The molecule has 1 N–H and O–H groups in total. The minimum atomic E-state index is -3.50. The highest BCUT2D eigenvalue weighted by molar-refractivity contribution is 7.98. The van der Waals surface area contributed by atoms with Gasteiger partial charge in [-0.05, 0) is 18.1 Å². The van der Waals surface area contributed by atoms with Gasteiger partial charge in [0.1, 0.15) is 6.04 Å². The van der Waals surface area contributed by atoms with Crippen LogP contribution in [-0.2, 0) is 20.6 Å². The molecule has 1 amide bonds. The molecule has 27 heavy (non-hydrogen) atoms. The van der Waals surface area contributed by atoms with Gasteiger partial charge >= 0.3 is 0 Å². The molecule has 0 heterocycles. The minimum Gasteiger partial charge on any atom is -0.354 e. The summed E-state index contributed by atoms with van der Waals surface area (Å²) in [6.45, 7) is 2.55. The maximum Gasteiger partial charge on any atom is 0.243 e. The third-order valence-corrected chi connectivity index (χ3v) is 6.43. The van der Waals surface area contributed by atoms with Crippen molar-refractivity contribution in [3.63, 3.8) is 0 Å². The van der Waals surface area contributed by atoms with Gasteiger partial charge in [-0.2, -0.15) is 16.1 Å². The van der Waals surface area contributed by atoms with Gasteiger partial charge in [0.2, 0.25) is 15.9 Å². The van der Waals surface area contributed by atoms with Crippen molar-refractivity contribution in [1.82, 2.24) is 9.62 Å². The second kappa shape index (κ2) is 9.92. The molecule has 0 saturated heterocycles. The maximum atomic E-state index is 12.7. The Bertz CT molecular complexity index is 855. The first kappa shape index (κ1) is 21.5. The third kappa shape index (κ3) is 6.68. The number of nitrogens with one attached hydrogen (secondary N) is 1. The summed E-state index contributed by atoms with van der Waals surface area (Å²) in [5.41, 5.74) is 3.14. The number of rotatable bonds is 9. The molecule has 7 heteroatoms. The fraction of sp³-hybridized carbons (Fsp3) is 0.350. The average Bonchev–Trinajstić information content (AvgIpc) is 2.62. The Kier molecular flexibility index (Phi) is 7.89. The Morgan fingerprint density at radius 3 is 2.48 bits per heavy atom. The summed E-state index contributed by atoms with van der Waals surface area (Å²) >= 11 is 1.73. The highest BCUT2D eigenvalue weighted by Crippen LogP contribution is 2.22. The average molecular weight is 407 g/mol. The molecule has 5 nitrogen and oxygen atoms in total. The standard InChI is InChI=1S/C20H26N2O3S2/c1-16-8-7-9-17(14-16)15-26-13-12-21-20(23)19(22(2)27(3,24)25)18-10-5-4-6-11-18/h4-11,14,19H,12-13,15H2,1-3H3,(H,21,23)/t19-/m0/s1. The van der Waals surface area contributed by atoms with Crippen molar-refractivity contribution in [1.29, 1.82) is 0 Å². The molecule has 0 spiro atoms. The number of aryl methyl sites for hydroxylation is 1. The molecule has 0 aliphatic carbocycles. The largest absolute Gasteiger partial charge is 0.354 e. The topological polar surface area (TPSA) is 66.5 Å². The van der Waals surface area contributed by atoms with Crippen molar-refractivity contribution in [3.8, 4) is 0 Å². The van der Waals surface area contributed by atoms with E-state index in [0.29, 0.717) is 12.1 Å². The van der Waals surface area contributed by atoms with E-state index in [1.807, 2.05) is 12.1 Å². The van der Waals surface area contributed by atoms with E-state index in [4.69, 9.17) is 0 Å². The van der Waals surface area contributed by atoms with E-state index in [9.17, 15) is 13.2 Å². The van der Waals surface area contributed by atoms with Gasteiger partial charge in [0.15, 0.2) is 0 Å². The van der Waals surface area contributed by atoms with Gasteiger partial charge in [0.05, 0.1) is 6.26 Å². The fourth-order valence-corrected chi connectivity index (χ4v) is 4.09. The van der Waals surface area contributed by atoms with E-state index in [1.165, 1.54) is 18.2 Å². The highest BCUT2D eigenvalue weighted by atomic mass is 32.2. The summed E-state index contributed by atoms with van der Waals surface area (Å²) in [6.07, 6.45) is 1.11. The van der Waals surface area contributed by atoms with Gasteiger partial charge in [-0.25, -0.2) is 8.42 Å². The molecule has 0 aromatic heterocycles. The Labute approximate surface area is 166 Å². The van der Waals surface area contributed by atoms with Crippen molar-refractivity contribution in [2.75, 3.05) is 25.6 Å². The maximum absolute atomic E-state index is 12.7. The van der Waals surface area contributed by atoms with Crippen LogP contribution in [0.15, 0.2) is 54.6 Å². The first-order chi connectivity index (χ1) is 12.8. The molecular weight excluding hydrogens is 380 g/mol. The SMILES string of the molecule is Cc1cccc(CSCCNC(=O)[C@H](c2ccccc2)N(C)S(C)(=O)=O)c1. The van der Waals surface area contributed by atoms with Crippen LogP contribution in [0.3, 0.4) is 0 Å². The lowest BCUT2D eigenvalue weighted by Gasteiger charge is -2.25. The quantitative estimate of drug-likeness (QED) is 0.650. The smallest absolute Gasteiger partial charge is 0.243 e. The second-order valence-electron chi connectivity index (χ2n) is 6.43. The number of sulfonamides is 1. The lowest BCUT2D eigenvalue weighted by molar-refractivity contribution is -0.124. The lowest BCUT2D eigenvalue weighted by atomic mass is 10.1. The van der Waals surface area contributed by atoms with Crippen molar-refractivity contribution in [3.05, 3.63) is 71.3 Å². The van der Waals surface area contributed by atoms with Crippen LogP contribution in [0.1, 0.15) is 22.7 Å². The van der Waals surface area contributed by atoms with Crippen molar-refractivity contribution in [2.45, 2.75) is 18.7 Å². The second-order valence-corrected chi connectivity index (χ2v) is 9.57. The number of nitrogens with zero attached hydrogens (tertiary/aromatic N) is 1. The zero-order chi connectivity index (χ0) is 19.9. The molecule has 1 atom stereocenters. The number of benzene rings is 2. The number of thioether (sulfide) groups is 1. The van der Waals surface area contributed by atoms with E-state index < -0.39 is 16.1 Å². The summed E-state index contributed by atoms with van der Waals surface area (Å²) in [5.74, 6) is 1.32. The van der Waals surface area contributed by atoms with E-state index in [1.54, 1.807) is 36.0 Å². The molecule has 0 aliphatic rings.